The Labute approximate surface area is 204 Å². The van der Waals surface area contributed by atoms with Gasteiger partial charge < -0.3 is 16.2 Å². The van der Waals surface area contributed by atoms with Gasteiger partial charge in [0.15, 0.2) is 5.65 Å². The molecular weight excluding hydrogens is 440 g/mol. The first-order valence-corrected chi connectivity index (χ1v) is 12.1. The van der Waals surface area contributed by atoms with Gasteiger partial charge in [-0.2, -0.15) is 5.10 Å². The molecule has 8 heteroatoms. The summed E-state index contributed by atoms with van der Waals surface area (Å²) in [4.78, 5) is 21.0. The average Bonchev–Trinajstić information content (AvgIpc) is 3.26. The maximum atomic E-state index is 12.2. The van der Waals surface area contributed by atoms with Crippen molar-refractivity contribution in [1.82, 2.24) is 19.7 Å². The highest BCUT2D eigenvalue weighted by molar-refractivity contribution is 5.99. The van der Waals surface area contributed by atoms with Gasteiger partial charge in [0, 0.05) is 30.3 Å². The van der Waals surface area contributed by atoms with Crippen molar-refractivity contribution in [3.8, 4) is 16.8 Å². The maximum Gasteiger partial charge on any atom is 0.250 e. The van der Waals surface area contributed by atoms with Crippen LogP contribution in [-0.4, -0.2) is 42.9 Å². The Morgan fingerprint density at radius 1 is 1.09 bits per heavy atom. The van der Waals surface area contributed by atoms with E-state index >= 15 is 0 Å². The minimum Gasteiger partial charge on any atom is -0.393 e. The summed E-state index contributed by atoms with van der Waals surface area (Å²) in [6.45, 7) is 4.24. The highest BCUT2D eigenvalue weighted by Crippen LogP contribution is 2.35. The molecule has 1 saturated carbocycles. The Bertz CT molecular complexity index is 1360. The number of fused-ring (bicyclic) bond motifs is 1. The normalized spacial score (nSPS) is 18.2. The molecule has 1 fully saturated rings. The standard InChI is InChI=1S/C27H30N6O2/c1-16(2)25-24-21(17-9-12-29-13-10-17)11-14-30-27(24)33(32-25)19-5-8-22(26(28)35)23(15-19)31-18-3-6-20(34)7-4-18/h5,8-16,18,20,31,34H,3-4,6-7H2,1-2H3,(H2,28,35)/t18-,20-. The van der Waals surface area contributed by atoms with Gasteiger partial charge in [-0.05, 0) is 79.1 Å². The second-order valence-electron chi connectivity index (χ2n) is 9.49. The number of rotatable bonds is 6. The average molecular weight is 471 g/mol. The zero-order valence-electron chi connectivity index (χ0n) is 20.0. The van der Waals surface area contributed by atoms with Crippen LogP contribution in [0.3, 0.4) is 0 Å². The van der Waals surface area contributed by atoms with Crippen LogP contribution in [-0.2, 0) is 0 Å². The fourth-order valence-corrected chi connectivity index (χ4v) is 4.86. The molecule has 4 aromatic rings. The van der Waals surface area contributed by atoms with E-state index in [4.69, 9.17) is 15.8 Å². The van der Waals surface area contributed by atoms with Crippen LogP contribution < -0.4 is 11.1 Å². The lowest BCUT2D eigenvalue weighted by Crippen LogP contribution is -2.29. The molecule has 5 rings (SSSR count). The van der Waals surface area contributed by atoms with E-state index in [0.29, 0.717) is 11.3 Å². The molecule has 3 aromatic heterocycles. The number of nitrogens with zero attached hydrogens (tertiary/aromatic N) is 4. The smallest absolute Gasteiger partial charge is 0.250 e. The molecule has 0 bridgehead atoms. The Morgan fingerprint density at radius 3 is 2.51 bits per heavy atom. The van der Waals surface area contributed by atoms with E-state index in [1.807, 2.05) is 35.0 Å². The first kappa shape index (κ1) is 23.0. The van der Waals surface area contributed by atoms with Gasteiger partial charge in [0.25, 0.3) is 5.91 Å². The van der Waals surface area contributed by atoms with Crippen molar-refractivity contribution in [3.63, 3.8) is 0 Å². The molecule has 1 aromatic carbocycles. The van der Waals surface area contributed by atoms with Gasteiger partial charge in [0.1, 0.15) is 0 Å². The molecule has 4 N–H and O–H groups in total. The van der Waals surface area contributed by atoms with Crippen LogP contribution in [0.15, 0.2) is 55.0 Å². The summed E-state index contributed by atoms with van der Waals surface area (Å²) >= 11 is 0. The van der Waals surface area contributed by atoms with Crippen molar-refractivity contribution in [3.05, 3.63) is 66.2 Å². The van der Waals surface area contributed by atoms with Crippen LogP contribution in [0.5, 0.6) is 0 Å². The molecule has 8 nitrogen and oxygen atoms in total. The number of nitrogens with two attached hydrogens (primary N) is 1. The van der Waals surface area contributed by atoms with Gasteiger partial charge in [-0.25, -0.2) is 9.67 Å². The number of amides is 1. The predicted octanol–water partition coefficient (Wildman–Crippen LogP) is 4.42. The fourth-order valence-electron chi connectivity index (χ4n) is 4.86. The number of aromatic nitrogens is 4. The van der Waals surface area contributed by atoms with Crippen LogP contribution in [0, 0.1) is 0 Å². The number of carbonyl (C=O) groups is 1. The molecule has 180 valence electrons. The SMILES string of the molecule is CC(C)c1nn(-c2ccc(C(N)=O)c(N[C@H]3CC[C@H](O)CC3)c2)c2nccc(-c3ccncc3)c12. The first-order chi connectivity index (χ1) is 16.9. The van der Waals surface area contributed by atoms with Crippen molar-refractivity contribution in [1.29, 1.82) is 0 Å². The summed E-state index contributed by atoms with van der Waals surface area (Å²) in [5.74, 6) is -0.305. The lowest BCUT2D eigenvalue weighted by atomic mass is 9.92. The van der Waals surface area contributed by atoms with E-state index in [1.165, 1.54) is 0 Å². The Morgan fingerprint density at radius 2 is 1.83 bits per heavy atom. The summed E-state index contributed by atoms with van der Waals surface area (Å²) in [7, 11) is 0. The molecular formula is C27H30N6O2. The summed E-state index contributed by atoms with van der Waals surface area (Å²) < 4.78 is 1.84. The van der Waals surface area contributed by atoms with Crippen molar-refractivity contribution < 1.29 is 9.90 Å². The predicted molar refractivity (Wildman–Crippen MR) is 137 cm³/mol. The third-order valence-corrected chi connectivity index (χ3v) is 6.70. The number of nitrogens with one attached hydrogen (secondary N) is 1. The van der Waals surface area contributed by atoms with E-state index in [1.54, 1.807) is 24.7 Å². The zero-order valence-corrected chi connectivity index (χ0v) is 20.0. The number of anilines is 1. The first-order valence-electron chi connectivity index (χ1n) is 12.1. The Hall–Kier alpha value is -3.78. The third-order valence-electron chi connectivity index (χ3n) is 6.70. The minimum absolute atomic E-state index is 0.170. The van der Waals surface area contributed by atoms with Gasteiger partial charge in [-0.1, -0.05) is 13.8 Å². The van der Waals surface area contributed by atoms with Gasteiger partial charge >= 0.3 is 0 Å². The largest absolute Gasteiger partial charge is 0.393 e. The highest BCUT2D eigenvalue weighted by atomic mass is 16.3. The summed E-state index contributed by atoms with van der Waals surface area (Å²) in [6, 6.07) is 11.7. The van der Waals surface area contributed by atoms with E-state index in [0.717, 1.165) is 59.2 Å². The fraction of sp³-hybridized carbons (Fsp3) is 0.333. The number of hydrogen-bond donors (Lipinski definition) is 3. The molecule has 0 unspecified atom stereocenters. The van der Waals surface area contributed by atoms with Gasteiger partial charge in [-0.15, -0.1) is 0 Å². The number of carbonyl (C=O) groups excluding carboxylic acids is 1. The van der Waals surface area contributed by atoms with Crippen LogP contribution in [0.25, 0.3) is 27.8 Å². The molecule has 3 heterocycles. The molecule has 0 atom stereocenters. The number of aliphatic hydroxyl groups excluding tert-OH is 1. The molecule has 0 saturated heterocycles. The van der Waals surface area contributed by atoms with Crippen LogP contribution >= 0.6 is 0 Å². The number of hydrogen-bond acceptors (Lipinski definition) is 6. The second kappa shape index (κ2) is 9.46. The quantitative estimate of drug-likeness (QED) is 0.384. The minimum atomic E-state index is -0.485. The highest BCUT2D eigenvalue weighted by Gasteiger charge is 2.23. The second-order valence-corrected chi connectivity index (χ2v) is 9.49. The molecule has 35 heavy (non-hydrogen) atoms. The number of primary amides is 1. The topological polar surface area (TPSA) is 119 Å². The molecule has 1 aliphatic rings. The summed E-state index contributed by atoms with van der Waals surface area (Å²) in [6.07, 6.45) is 8.27. The van der Waals surface area contributed by atoms with Crippen LogP contribution in [0.4, 0.5) is 5.69 Å². The number of aliphatic hydroxyl groups is 1. The number of pyridine rings is 2. The zero-order chi connectivity index (χ0) is 24.5. The monoisotopic (exact) mass is 470 g/mol. The lowest BCUT2D eigenvalue weighted by molar-refractivity contribution is 0.100. The van der Waals surface area contributed by atoms with Crippen molar-refractivity contribution >= 4 is 22.6 Å². The van der Waals surface area contributed by atoms with Crippen LogP contribution in [0.1, 0.15) is 61.5 Å². The third kappa shape index (κ3) is 4.49. The van der Waals surface area contributed by atoms with Crippen molar-refractivity contribution in [2.75, 3.05) is 5.32 Å². The van der Waals surface area contributed by atoms with E-state index in [9.17, 15) is 9.90 Å². The van der Waals surface area contributed by atoms with Gasteiger partial charge in [0.2, 0.25) is 0 Å². The Balaban J connectivity index is 1.63. The van der Waals surface area contributed by atoms with Gasteiger partial charge in [0.05, 0.1) is 28.4 Å². The summed E-state index contributed by atoms with van der Waals surface area (Å²) in [5, 5.41) is 19.3. The van der Waals surface area contributed by atoms with E-state index < -0.39 is 5.91 Å². The van der Waals surface area contributed by atoms with E-state index in [-0.39, 0.29) is 18.1 Å². The Kier molecular flexibility index (Phi) is 6.21. The molecule has 1 amide bonds. The van der Waals surface area contributed by atoms with Crippen LogP contribution in [0.2, 0.25) is 0 Å². The lowest BCUT2D eigenvalue weighted by Gasteiger charge is -2.27. The molecule has 0 spiro atoms. The molecule has 0 radical (unpaired) electrons. The molecule has 1 aliphatic carbocycles. The number of benzene rings is 1. The van der Waals surface area contributed by atoms with Gasteiger partial charge in [-0.3, -0.25) is 9.78 Å². The summed E-state index contributed by atoms with van der Waals surface area (Å²) in [5.41, 5.74) is 11.4. The maximum absolute atomic E-state index is 12.2. The van der Waals surface area contributed by atoms with Crippen molar-refractivity contribution in [2.45, 2.75) is 57.6 Å². The molecule has 0 aliphatic heterocycles. The van der Waals surface area contributed by atoms with Crippen molar-refractivity contribution in [2.24, 2.45) is 5.73 Å². The van der Waals surface area contributed by atoms with E-state index in [2.05, 4.69) is 24.1 Å².